The average molecular weight is 146 g/mol. The summed E-state index contributed by atoms with van der Waals surface area (Å²) in [5.41, 5.74) is 0. The van der Waals surface area contributed by atoms with Gasteiger partial charge in [0.05, 0.1) is 6.54 Å². The Morgan fingerprint density at radius 3 is 2.60 bits per heavy atom. The fourth-order valence-electron chi connectivity index (χ4n) is 0.851. The molecule has 1 unspecified atom stereocenters. The zero-order valence-electron chi connectivity index (χ0n) is 6.46. The number of nitro groups is 1. The van der Waals surface area contributed by atoms with Gasteiger partial charge in [0.25, 0.3) is 0 Å². The van der Waals surface area contributed by atoms with Crippen molar-refractivity contribution in [2.45, 2.75) is 25.8 Å². The zero-order chi connectivity index (χ0) is 7.98. The molecule has 4 heteroatoms. The summed E-state index contributed by atoms with van der Waals surface area (Å²) in [6.45, 7) is 2.42. The summed E-state index contributed by atoms with van der Waals surface area (Å²) in [5.74, 6) is 0. The van der Waals surface area contributed by atoms with Crippen LogP contribution in [0.4, 0.5) is 0 Å². The van der Waals surface area contributed by atoms with E-state index in [1.807, 2.05) is 6.92 Å². The second-order valence-electron chi connectivity index (χ2n) is 2.29. The van der Waals surface area contributed by atoms with Crippen LogP contribution in [0, 0.1) is 10.1 Å². The standard InChI is InChI=1S/C6H14N2O2/c1-3-4-6(5-7-2)8(9)10/h6-7H,3-5H2,1-2H3. The van der Waals surface area contributed by atoms with Crippen LogP contribution >= 0.6 is 0 Å². The lowest BCUT2D eigenvalue weighted by molar-refractivity contribution is -0.521. The highest BCUT2D eigenvalue weighted by atomic mass is 16.6. The minimum Gasteiger partial charge on any atom is -0.314 e. The molecule has 0 aromatic heterocycles. The first-order valence-corrected chi connectivity index (χ1v) is 3.50. The van der Waals surface area contributed by atoms with Crippen LogP contribution in [0.5, 0.6) is 0 Å². The molecule has 60 valence electrons. The summed E-state index contributed by atoms with van der Waals surface area (Å²) in [6.07, 6.45) is 1.53. The highest BCUT2D eigenvalue weighted by molar-refractivity contribution is 4.56. The molecule has 0 saturated heterocycles. The molecule has 0 spiro atoms. The van der Waals surface area contributed by atoms with Crippen molar-refractivity contribution in [1.82, 2.24) is 5.32 Å². The molecule has 0 aliphatic rings. The molecule has 0 aliphatic carbocycles. The number of rotatable bonds is 5. The van der Waals surface area contributed by atoms with Gasteiger partial charge in [0.15, 0.2) is 0 Å². The lowest BCUT2D eigenvalue weighted by atomic mass is 10.2. The van der Waals surface area contributed by atoms with Gasteiger partial charge in [-0.1, -0.05) is 6.92 Å². The second kappa shape index (κ2) is 5.17. The Kier molecular flexibility index (Phi) is 4.84. The number of nitrogens with zero attached hydrogens (tertiary/aromatic N) is 1. The average Bonchev–Trinajstić information content (AvgIpc) is 1.87. The maximum Gasteiger partial charge on any atom is 0.225 e. The Hall–Kier alpha value is -0.640. The van der Waals surface area contributed by atoms with Crippen LogP contribution in [0.15, 0.2) is 0 Å². The van der Waals surface area contributed by atoms with Gasteiger partial charge in [-0.3, -0.25) is 10.1 Å². The Balaban J connectivity index is 3.61. The van der Waals surface area contributed by atoms with Gasteiger partial charge in [-0.15, -0.1) is 0 Å². The predicted molar refractivity (Wildman–Crippen MR) is 39.6 cm³/mol. The van der Waals surface area contributed by atoms with Crippen molar-refractivity contribution in [3.63, 3.8) is 0 Å². The van der Waals surface area contributed by atoms with Gasteiger partial charge in [-0.2, -0.15) is 0 Å². The van der Waals surface area contributed by atoms with Crippen molar-refractivity contribution >= 4 is 0 Å². The lowest BCUT2D eigenvalue weighted by Crippen LogP contribution is -2.30. The van der Waals surface area contributed by atoms with E-state index in [2.05, 4.69) is 5.32 Å². The van der Waals surface area contributed by atoms with Crippen LogP contribution in [0.3, 0.4) is 0 Å². The predicted octanol–water partition coefficient (Wildman–Crippen LogP) is 0.651. The molecular formula is C6H14N2O2. The largest absolute Gasteiger partial charge is 0.314 e. The first-order valence-electron chi connectivity index (χ1n) is 3.50. The number of likely N-dealkylation sites (N-methyl/N-ethyl adjacent to an activating group) is 1. The topological polar surface area (TPSA) is 55.2 Å². The molecule has 1 atom stereocenters. The van der Waals surface area contributed by atoms with Gasteiger partial charge in [0, 0.05) is 11.3 Å². The van der Waals surface area contributed by atoms with Crippen molar-refractivity contribution in [3.8, 4) is 0 Å². The van der Waals surface area contributed by atoms with Gasteiger partial charge in [0.2, 0.25) is 6.04 Å². The van der Waals surface area contributed by atoms with Crippen LogP contribution < -0.4 is 5.32 Å². The van der Waals surface area contributed by atoms with Gasteiger partial charge >= 0.3 is 0 Å². The molecule has 0 aromatic carbocycles. The third-order valence-electron chi connectivity index (χ3n) is 1.36. The molecule has 0 bridgehead atoms. The first-order chi connectivity index (χ1) is 4.72. The summed E-state index contributed by atoms with van der Waals surface area (Å²) >= 11 is 0. The Morgan fingerprint density at radius 2 is 2.30 bits per heavy atom. The van der Waals surface area contributed by atoms with Gasteiger partial charge < -0.3 is 5.32 Å². The zero-order valence-corrected chi connectivity index (χ0v) is 6.46. The van der Waals surface area contributed by atoms with Crippen LogP contribution in [0.25, 0.3) is 0 Å². The monoisotopic (exact) mass is 146 g/mol. The van der Waals surface area contributed by atoms with Crippen molar-refractivity contribution in [1.29, 1.82) is 0 Å². The van der Waals surface area contributed by atoms with E-state index in [0.717, 1.165) is 6.42 Å². The molecule has 1 N–H and O–H groups in total. The Labute approximate surface area is 60.8 Å². The molecule has 0 radical (unpaired) electrons. The molecule has 0 aliphatic heterocycles. The summed E-state index contributed by atoms with van der Waals surface area (Å²) in [4.78, 5) is 10.0. The maximum atomic E-state index is 10.2. The van der Waals surface area contributed by atoms with E-state index in [0.29, 0.717) is 13.0 Å². The summed E-state index contributed by atoms with van der Waals surface area (Å²) in [5, 5.41) is 13.0. The number of hydrogen-bond donors (Lipinski definition) is 1. The SMILES string of the molecule is CCCC(CNC)[N+](=O)[O-]. The van der Waals surface area contributed by atoms with Crippen molar-refractivity contribution in [2.24, 2.45) is 0 Å². The summed E-state index contributed by atoms with van der Waals surface area (Å²) in [7, 11) is 1.73. The van der Waals surface area contributed by atoms with Crippen LogP contribution in [-0.2, 0) is 0 Å². The lowest BCUT2D eigenvalue weighted by Gasteiger charge is -2.05. The Morgan fingerprint density at radius 1 is 1.70 bits per heavy atom. The summed E-state index contributed by atoms with van der Waals surface area (Å²) in [6, 6.07) is -0.407. The molecular weight excluding hydrogens is 132 g/mol. The van der Waals surface area contributed by atoms with E-state index in [-0.39, 0.29) is 4.92 Å². The third-order valence-corrected chi connectivity index (χ3v) is 1.36. The maximum absolute atomic E-state index is 10.2. The molecule has 4 nitrogen and oxygen atoms in total. The highest BCUT2D eigenvalue weighted by Crippen LogP contribution is 1.98. The number of nitrogens with one attached hydrogen (secondary N) is 1. The van der Waals surface area contributed by atoms with Crippen LogP contribution in [0.1, 0.15) is 19.8 Å². The smallest absolute Gasteiger partial charge is 0.225 e. The third kappa shape index (κ3) is 3.40. The van der Waals surface area contributed by atoms with Crippen molar-refractivity contribution in [3.05, 3.63) is 10.1 Å². The van der Waals surface area contributed by atoms with Gasteiger partial charge in [-0.25, -0.2) is 0 Å². The first kappa shape index (κ1) is 9.36. The fraction of sp³-hybridized carbons (Fsp3) is 1.00. The van der Waals surface area contributed by atoms with Crippen LogP contribution in [0.2, 0.25) is 0 Å². The Bertz CT molecular complexity index is 99.9. The van der Waals surface area contributed by atoms with Gasteiger partial charge in [0.1, 0.15) is 0 Å². The van der Waals surface area contributed by atoms with E-state index < -0.39 is 6.04 Å². The quantitative estimate of drug-likeness (QED) is 0.457. The molecule has 0 amide bonds. The van der Waals surface area contributed by atoms with E-state index in [1.54, 1.807) is 7.05 Å². The minimum absolute atomic E-state index is 0.222. The van der Waals surface area contributed by atoms with Crippen molar-refractivity contribution in [2.75, 3.05) is 13.6 Å². The number of hydrogen-bond acceptors (Lipinski definition) is 3. The molecule has 10 heavy (non-hydrogen) atoms. The molecule has 0 aromatic rings. The second-order valence-corrected chi connectivity index (χ2v) is 2.29. The highest BCUT2D eigenvalue weighted by Gasteiger charge is 2.16. The van der Waals surface area contributed by atoms with E-state index >= 15 is 0 Å². The van der Waals surface area contributed by atoms with Crippen molar-refractivity contribution < 1.29 is 4.92 Å². The molecule has 0 saturated carbocycles. The minimum atomic E-state index is -0.407. The summed E-state index contributed by atoms with van der Waals surface area (Å²) < 4.78 is 0. The fourth-order valence-corrected chi connectivity index (χ4v) is 0.851. The molecule has 0 rings (SSSR count). The van der Waals surface area contributed by atoms with E-state index in [4.69, 9.17) is 0 Å². The van der Waals surface area contributed by atoms with Crippen LogP contribution in [-0.4, -0.2) is 24.6 Å². The van der Waals surface area contributed by atoms with E-state index in [1.165, 1.54) is 0 Å². The molecule has 0 heterocycles. The van der Waals surface area contributed by atoms with E-state index in [9.17, 15) is 10.1 Å². The van der Waals surface area contributed by atoms with Gasteiger partial charge in [-0.05, 0) is 13.5 Å². The normalized spacial score (nSPS) is 13.0. The molecule has 0 fully saturated rings.